The van der Waals surface area contributed by atoms with Crippen molar-refractivity contribution in [1.29, 1.82) is 0 Å². The zero-order chi connectivity index (χ0) is 11.1. The summed E-state index contributed by atoms with van der Waals surface area (Å²) in [6.07, 6.45) is 1.56. The summed E-state index contributed by atoms with van der Waals surface area (Å²) in [5, 5.41) is 14.2. The fourth-order valence-electron chi connectivity index (χ4n) is 0.890. The minimum absolute atomic E-state index is 0.0569. The van der Waals surface area contributed by atoms with Crippen molar-refractivity contribution in [3.63, 3.8) is 0 Å². The minimum Gasteiger partial charge on any atom is -0.379 e. The first-order chi connectivity index (χ1) is 7.24. The van der Waals surface area contributed by atoms with E-state index in [2.05, 4.69) is 10.5 Å². The van der Waals surface area contributed by atoms with Crippen LogP contribution in [-0.4, -0.2) is 24.9 Å². The fraction of sp³-hybridized carbons (Fsp3) is 0.222. The summed E-state index contributed by atoms with van der Waals surface area (Å²) in [4.78, 5) is 9.90. The van der Waals surface area contributed by atoms with Gasteiger partial charge in [0.15, 0.2) is 0 Å². The Labute approximate surface area is 86.7 Å². The van der Waals surface area contributed by atoms with E-state index in [1.807, 2.05) is 0 Å². The van der Waals surface area contributed by atoms with Crippen molar-refractivity contribution in [3.8, 4) is 0 Å². The van der Waals surface area contributed by atoms with Gasteiger partial charge in [0.2, 0.25) is 0 Å². The highest BCUT2D eigenvalue weighted by atomic mass is 16.6. The Kier molecular flexibility index (Phi) is 4.24. The molecule has 0 aliphatic heterocycles. The van der Waals surface area contributed by atoms with Gasteiger partial charge in [-0.05, 0) is 12.1 Å². The molecule has 1 aromatic carbocycles. The van der Waals surface area contributed by atoms with Gasteiger partial charge in [0.25, 0.3) is 5.69 Å². The van der Waals surface area contributed by atoms with Gasteiger partial charge in [0, 0.05) is 19.2 Å². The highest BCUT2D eigenvalue weighted by molar-refractivity contribution is 5.60. The van der Waals surface area contributed by atoms with Crippen LogP contribution in [0.25, 0.3) is 0 Å². The molecule has 0 fully saturated rings. The Morgan fingerprint density at radius 3 is 2.73 bits per heavy atom. The number of ether oxygens (including phenoxy) is 1. The van der Waals surface area contributed by atoms with E-state index in [9.17, 15) is 10.1 Å². The maximum atomic E-state index is 10.4. The number of non-ortho nitro benzene ring substituents is 1. The zero-order valence-corrected chi connectivity index (χ0v) is 8.21. The second-order valence-corrected chi connectivity index (χ2v) is 2.68. The predicted molar refractivity (Wildman–Crippen MR) is 57.1 cm³/mol. The number of anilines is 1. The molecule has 6 nitrogen and oxygen atoms in total. The maximum Gasteiger partial charge on any atom is 0.269 e. The molecule has 0 bridgehead atoms. The van der Waals surface area contributed by atoms with Crippen LogP contribution in [0, 0.1) is 10.1 Å². The van der Waals surface area contributed by atoms with E-state index in [1.165, 1.54) is 12.1 Å². The number of methoxy groups -OCH3 is 1. The molecule has 6 heteroatoms. The van der Waals surface area contributed by atoms with Gasteiger partial charge >= 0.3 is 0 Å². The number of nitrogens with one attached hydrogen (secondary N) is 1. The summed E-state index contributed by atoms with van der Waals surface area (Å²) < 4.78 is 4.75. The van der Waals surface area contributed by atoms with Crippen LogP contribution < -0.4 is 5.43 Å². The summed E-state index contributed by atoms with van der Waals surface area (Å²) in [6.45, 7) is 0.417. The average molecular weight is 209 g/mol. The normalized spacial score (nSPS) is 10.5. The molecule has 0 heterocycles. The van der Waals surface area contributed by atoms with E-state index in [4.69, 9.17) is 4.74 Å². The molecule has 0 unspecified atom stereocenters. The Bertz CT molecular complexity index is 348. The third-order valence-corrected chi connectivity index (χ3v) is 1.60. The zero-order valence-electron chi connectivity index (χ0n) is 8.21. The molecule has 0 atom stereocenters. The van der Waals surface area contributed by atoms with Crippen LogP contribution in [0.5, 0.6) is 0 Å². The molecule has 1 N–H and O–H groups in total. The van der Waals surface area contributed by atoms with Gasteiger partial charge in [-0.15, -0.1) is 0 Å². The van der Waals surface area contributed by atoms with Gasteiger partial charge in [-0.1, -0.05) is 0 Å². The van der Waals surface area contributed by atoms with E-state index in [-0.39, 0.29) is 5.69 Å². The number of nitro groups is 1. The van der Waals surface area contributed by atoms with Crippen LogP contribution >= 0.6 is 0 Å². The van der Waals surface area contributed by atoms with Crippen LogP contribution in [-0.2, 0) is 4.74 Å². The van der Waals surface area contributed by atoms with Crippen LogP contribution in [0.3, 0.4) is 0 Å². The van der Waals surface area contributed by atoms with Crippen molar-refractivity contribution in [2.75, 3.05) is 19.1 Å². The first-order valence-corrected chi connectivity index (χ1v) is 4.25. The molecule has 80 valence electrons. The van der Waals surface area contributed by atoms with Crippen LogP contribution in [0.2, 0.25) is 0 Å². The Morgan fingerprint density at radius 1 is 1.53 bits per heavy atom. The standard InChI is InChI=1S/C9H11N3O3/c1-15-7-6-10-11-8-2-4-9(5-3-8)12(13)14/h2-6,11H,7H2,1H3/b10-6-. The van der Waals surface area contributed by atoms with Crippen LogP contribution in [0.1, 0.15) is 0 Å². The molecule has 0 aliphatic carbocycles. The largest absolute Gasteiger partial charge is 0.379 e. The third-order valence-electron chi connectivity index (χ3n) is 1.60. The molecular weight excluding hydrogens is 198 g/mol. The molecule has 15 heavy (non-hydrogen) atoms. The van der Waals surface area contributed by atoms with Crippen molar-refractivity contribution in [2.45, 2.75) is 0 Å². The van der Waals surface area contributed by atoms with Gasteiger partial charge < -0.3 is 4.74 Å². The lowest BCUT2D eigenvalue weighted by Crippen LogP contribution is -1.94. The molecule has 0 spiro atoms. The van der Waals surface area contributed by atoms with Gasteiger partial charge in [-0.2, -0.15) is 5.10 Å². The molecule has 0 aliphatic rings. The summed E-state index contributed by atoms with van der Waals surface area (Å²) in [6, 6.07) is 5.99. The van der Waals surface area contributed by atoms with E-state index in [0.29, 0.717) is 12.3 Å². The number of hydrogen-bond donors (Lipinski definition) is 1. The van der Waals surface area contributed by atoms with Crippen molar-refractivity contribution in [1.82, 2.24) is 0 Å². The lowest BCUT2D eigenvalue weighted by Gasteiger charge is -1.98. The van der Waals surface area contributed by atoms with E-state index >= 15 is 0 Å². The third kappa shape index (κ3) is 3.74. The second kappa shape index (κ2) is 5.71. The quantitative estimate of drug-likeness (QED) is 0.454. The minimum atomic E-state index is -0.446. The van der Waals surface area contributed by atoms with Gasteiger partial charge in [0.05, 0.1) is 23.4 Å². The molecule has 1 aromatic rings. The Balaban J connectivity index is 2.53. The monoisotopic (exact) mass is 209 g/mol. The van der Waals surface area contributed by atoms with E-state index in [1.54, 1.807) is 25.5 Å². The van der Waals surface area contributed by atoms with E-state index < -0.39 is 4.92 Å². The molecule has 0 saturated heterocycles. The SMILES string of the molecule is COC/C=N\Nc1ccc([N+](=O)[O-])cc1. The summed E-state index contributed by atoms with van der Waals surface area (Å²) >= 11 is 0. The van der Waals surface area contributed by atoms with Gasteiger partial charge in [0.1, 0.15) is 0 Å². The van der Waals surface area contributed by atoms with Crippen LogP contribution in [0.15, 0.2) is 29.4 Å². The molecule has 0 aromatic heterocycles. The van der Waals surface area contributed by atoms with Crippen molar-refractivity contribution < 1.29 is 9.66 Å². The summed E-state index contributed by atoms with van der Waals surface area (Å²) in [5.74, 6) is 0. The molecule has 0 amide bonds. The molecule has 1 rings (SSSR count). The van der Waals surface area contributed by atoms with E-state index in [0.717, 1.165) is 0 Å². The second-order valence-electron chi connectivity index (χ2n) is 2.68. The first-order valence-electron chi connectivity index (χ1n) is 4.25. The fourth-order valence-corrected chi connectivity index (χ4v) is 0.890. The van der Waals surface area contributed by atoms with Crippen molar-refractivity contribution in [3.05, 3.63) is 34.4 Å². The topological polar surface area (TPSA) is 76.8 Å². The maximum absolute atomic E-state index is 10.4. The number of hydrazone groups is 1. The summed E-state index contributed by atoms with van der Waals surface area (Å²) in [5.41, 5.74) is 3.46. The molecular formula is C9H11N3O3. The van der Waals surface area contributed by atoms with Gasteiger partial charge in [-0.25, -0.2) is 0 Å². The first kappa shape index (κ1) is 11.1. The lowest BCUT2D eigenvalue weighted by atomic mass is 10.3. The number of hydrogen-bond acceptors (Lipinski definition) is 5. The molecule has 0 saturated carbocycles. The molecule has 0 radical (unpaired) electrons. The van der Waals surface area contributed by atoms with Crippen LogP contribution in [0.4, 0.5) is 11.4 Å². The van der Waals surface area contributed by atoms with Crippen molar-refractivity contribution in [2.24, 2.45) is 5.10 Å². The Morgan fingerprint density at radius 2 is 2.20 bits per heavy atom. The number of nitrogens with zero attached hydrogens (tertiary/aromatic N) is 2. The van der Waals surface area contributed by atoms with Crippen molar-refractivity contribution >= 4 is 17.6 Å². The number of benzene rings is 1. The Hall–Kier alpha value is -1.95. The summed E-state index contributed by atoms with van der Waals surface area (Å²) in [7, 11) is 1.57. The smallest absolute Gasteiger partial charge is 0.269 e. The highest BCUT2D eigenvalue weighted by Crippen LogP contribution is 2.14. The predicted octanol–water partition coefficient (Wildman–Crippen LogP) is 1.64. The highest BCUT2D eigenvalue weighted by Gasteiger charge is 2.02. The number of rotatable bonds is 5. The lowest BCUT2D eigenvalue weighted by molar-refractivity contribution is -0.384. The average Bonchev–Trinajstić information content (AvgIpc) is 2.25. The van der Waals surface area contributed by atoms with Gasteiger partial charge in [-0.3, -0.25) is 15.5 Å². The number of nitro benzene ring substituents is 1.